The molecule has 7 heteroatoms. The van der Waals surface area contributed by atoms with Gasteiger partial charge < -0.3 is 15.1 Å². The number of nitro groups is 1. The fourth-order valence-corrected chi connectivity index (χ4v) is 2.72. The fraction of sp³-hybridized carbons (Fsp3) is 0.562. The summed E-state index contributed by atoms with van der Waals surface area (Å²) in [6.07, 6.45) is 0. The van der Waals surface area contributed by atoms with Gasteiger partial charge in [0.1, 0.15) is 5.69 Å². The molecule has 1 saturated heterocycles. The maximum atomic E-state index is 12.3. The molecule has 1 amide bonds. The van der Waals surface area contributed by atoms with Crippen LogP contribution in [0.5, 0.6) is 0 Å². The molecule has 0 aromatic heterocycles. The lowest BCUT2D eigenvalue weighted by atomic mass is 9.94. The third-order valence-electron chi connectivity index (χ3n) is 4.02. The lowest BCUT2D eigenvalue weighted by molar-refractivity contribution is -0.383. The molecule has 0 saturated carbocycles. The zero-order valence-electron chi connectivity index (χ0n) is 14.1. The fourth-order valence-electron chi connectivity index (χ4n) is 2.72. The van der Waals surface area contributed by atoms with E-state index in [0.717, 1.165) is 18.8 Å². The molecule has 1 heterocycles. The number of benzene rings is 1. The lowest BCUT2D eigenvalue weighted by Gasteiger charge is -2.38. The quantitative estimate of drug-likeness (QED) is 0.683. The first-order valence-corrected chi connectivity index (χ1v) is 7.74. The number of amides is 1. The Morgan fingerprint density at radius 1 is 1.22 bits per heavy atom. The highest BCUT2D eigenvalue weighted by atomic mass is 16.6. The second kappa shape index (κ2) is 6.44. The maximum absolute atomic E-state index is 12.3. The van der Waals surface area contributed by atoms with Gasteiger partial charge in [-0.3, -0.25) is 14.9 Å². The van der Waals surface area contributed by atoms with Gasteiger partial charge in [0.05, 0.1) is 4.92 Å². The molecule has 1 aromatic rings. The number of nitrogens with one attached hydrogen (secondary N) is 1. The van der Waals surface area contributed by atoms with Crippen LogP contribution in [-0.2, 0) is 4.79 Å². The Morgan fingerprint density at radius 2 is 1.83 bits per heavy atom. The van der Waals surface area contributed by atoms with Crippen molar-refractivity contribution in [1.82, 2.24) is 4.90 Å². The predicted molar refractivity (Wildman–Crippen MR) is 90.9 cm³/mol. The number of anilines is 2. The molecule has 0 aliphatic carbocycles. The van der Waals surface area contributed by atoms with Crippen molar-refractivity contribution in [3.63, 3.8) is 0 Å². The number of nitro benzene ring substituents is 1. The molecule has 1 N–H and O–H groups in total. The maximum Gasteiger partial charge on any atom is 0.292 e. The molecule has 7 nitrogen and oxygen atoms in total. The van der Waals surface area contributed by atoms with Gasteiger partial charge in [0.2, 0.25) is 5.91 Å². The van der Waals surface area contributed by atoms with E-state index in [1.54, 1.807) is 19.2 Å². The van der Waals surface area contributed by atoms with Gasteiger partial charge in [-0.1, -0.05) is 20.8 Å². The minimum absolute atomic E-state index is 0.0674. The summed E-state index contributed by atoms with van der Waals surface area (Å²) in [6.45, 7) is 8.57. The topological polar surface area (TPSA) is 78.7 Å². The summed E-state index contributed by atoms with van der Waals surface area (Å²) in [4.78, 5) is 26.9. The zero-order chi connectivity index (χ0) is 17.2. The zero-order valence-corrected chi connectivity index (χ0v) is 14.1. The Bertz CT molecular complexity index is 602. The summed E-state index contributed by atoms with van der Waals surface area (Å²) in [5.74, 6) is 0.164. The number of piperazine rings is 1. The van der Waals surface area contributed by atoms with Crippen LogP contribution in [0.4, 0.5) is 17.1 Å². The second-order valence-electron chi connectivity index (χ2n) is 6.74. The van der Waals surface area contributed by atoms with Crippen LogP contribution in [0.1, 0.15) is 20.8 Å². The van der Waals surface area contributed by atoms with E-state index in [1.807, 2.05) is 25.7 Å². The number of carbonyl (C=O) groups is 1. The van der Waals surface area contributed by atoms with Gasteiger partial charge in [0.25, 0.3) is 5.69 Å². The van der Waals surface area contributed by atoms with E-state index in [-0.39, 0.29) is 17.0 Å². The average molecular weight is 320 g/mol. The van der Waals surface area contributed by atoms with Gasteiger partial charge in [0.15, 0.2) is 0 Å². The molecular formula is C16H24N4O3. The minimum atomic E-state index is -0.393. The summed E-state index contributed by atoms with van der Waals surface area (Å²) in [5, 5.41) is 13.9. The highest BCUT2D eigenvalue weighted by Gasteiger charge is 2.30. The van der Waals surface area contributed by atoms with Crippen molar-refractivity contribution < 1.29 is 9.72 Å². The Kier molecular flexibility index (Phi) is 4.77. The number of nitrogens with zero attached hydrogens (tertiary/aromatic N) is 3. The lowest BCUT2D eigenvalue weighted by Crippen LogP contribution is -2.51. The highest BCUT2D eigenvalue weighted by molar-refractivity contribution is 5.81. The monoisotopic (exact) mass is 320 g/mol. The van der Waals surface area contributed by atoms with Crippen LogP contribution in [-0.4, -0.2) is 49.0 Å². The molecule has 2 rings (SSSR count). The first kappa shape index (κ1) is 17.1. The number of rotatable bonds is 3. The van der Waals surface area contributed by atoms with Crippen molar-refractivity contribution in [1.29, 1.82) is 0 Å². The van der Waals surface area contributed by atoms with Crippen molar-refractivity contribution in [3.8, 4) is 0 Å². The van der Waals surface area contributed by atoms with Crippen molar-refractivity contribution in [2.75, 3.05) is 43.4 Å². The van der Waals surface area contributed by atoms with Crippen LogP contribution < -0.4 is 10.2 Å². The predicted octanol–water partition coefficient (Wildman–Crippen LogP) is 2.33. The van der Waals surface area contributed by atoms with Gasteiger partial charge in [-0.05, 0) is 12.1 Å². The van der Waals surface area contributed by atoms with Gasteiger partial charge in [-0.2, -0.15) is 0 Å². The Hall–Kier alpha value is -2.31. The highest BCUT2D eigenvalue weighted by Crippen LogP contribution is 2.30. The third-order valence-corrected chi connectivity index (χ3v) is 4.02. The van der Waals surface area contributed by atoms with E-state index in [2.05, 4.69) is 10.2 Å². The van der Waals surface area contributed by atoms with E-state index in [9.17, 15) is 14.9 Å². The molecule has 1 aliphatic heterocycles. The smallest absolute Gasteiger partial charge is 0.292 e. The van der Waals surface area contributed by atoms with Crippen LogP contribution >= 0.6 is 0 Å². The number of hydrogen-bond acceptors (Lipinski definition) is 5. The van der Waals surface area contributed by atoms with Crippen LogP contribution in [0.15, 0.2) is 18.2 Å². The minimum Gasteiger partial charge on any atom is -0.383 e. The normalized spacial score (nSPS) is 15.5. The van der Waals surface area contributed by atoms with E-state index < -0.39 is 4.92 Å². The van der Waals surface area contributed by atoms with Crippen molar-refractivity contribution in [2.24, 2.45) is 5.41 Å². The van der Waals surface area contributed by atoms with E-state index in [1.165, 1.54) is 6.07 Å². The van der Waals surface area contributed by atoms with Gasteiger partial charge in [0, 0.05) is 50.4 Å². The summed E-state index contributed by atoms with van der Waals surface area (Å²) in [6, 6.07) is 5.08. The molecule has 0 unspecified atom stereocenters. The van der Waals surface area contributed by atoms with Crippen LogP contribution in [0.25, 0.3) is 0 Å². The van der Waals surface area contributed by atoms with Crippen LogP contribution in [0.3, 0.4) is 0 Å². The van der Waals surface area contributed by atoms with E-state index in [0.29, 0.717) is 18.8 Å². The molecule has 0 radical (unpaired) electrons. The summed E-state index contributed by atoms with van der Waals surface area (Å²) >= 11 is 0. The Morgan fingerprint density at radius 3 is 2.30 bits per heavy atom. The van der Waals surface area contributed by atoms with Gasteiger partial charge >= 0.3 is 0 Å². The standard InChI is InChI=1S/C16H24N4O3/c1-16(2,3)15(21)19-9-7-18(8-10-19)12-5-6-14(20(22)23)13(11-12)17-4/h5-6,11,17H,7-10H2,1-4H3. The second-order valence-corrected chi connectivity index (χ2v) is 6.74. The molecule has 0 spiro atoms. The first-order chi connectivity index (χ1) is 10.7. The molecule has 1 aromatic carbocycles. The number of carbonyl (C=O) groups excluding carboxylic acids is 1. The van der Waals surface area contributed by atoms with Crippen molar-refractivity contribution >= 4 is 23.0 Å². The first-order valence-electron chi connectivity index (χ1n) is 7.74. The Balaban J connectivity index is 2.09. The third kappa shape index (κ3) is 3.72. The SMILES string of the molecule is CNc1cc(N2CCN(C(=O)C(C)(C)C)CC2)ccc1[N+](=O)[O-]. The summed E-state index contributed by atoms with van der Waals surface area (Å²) < 4.78 is 0. The summed E-state index contributed by atoms with van der Waals surface area (Å²) in [5.41, 5.74) is 1.13. The molecule has 1 aliphatic rings. The molecule has 23 heavy (non-hydrogen) atoms. The molecule has 126 valence electrons. The molecule has 1 fully saturated rings. The van der Waals surface area contributed by atoms with Crippen molar-refractivity contribution in [3.05, 3.63) is 28.3 Å². The van der Waals surface area contributed by atoms with Gasteiger partial charge in [-0.15, -0.1) is 0 Å². The Labute approximate surface area is 136 Å². The molecular weight excluding hydrogens is 296 g/mol. The largest absolute Gasteiger partial charge is 0.383 e. The van der Waals surface area contributed by atoms with Crippen LogP contribution in [0, 0.1) is 15.5 Å². The van der Waals surface area contributed by atoms with Gasteiger partial charge in [-0.25, -0.2) is 0 Å². The van der Waals surface area contributed by atoms with E-state index >= 15 is 0 Å². The van der Waals surface area contributed by atoms with Crippen LogP contribution in [0.2, 0.25) is 0 Å². The summed E-state index contributed by atoms with van der Waals surface area (Å²) in [7, 11) is 1.67. The number of hydrogen-bond donors (Lipinski definition) is 1. The average Bonchev–Trinajstić information content (AvgIpc) is 2.52. The molecule has 0 atom stereocenters. The molecule has 0 bridgehead atoms. The van der Waals surface area contributed by atoms with E-state index in [4.69, 9.17) is 0 Å². The van der Waals surface area contributed by atoms with Crippen molar-refractivity contribution in [2.45, 2.75) is 20.8 Å².